The molecular weight excluding hydrogens is 316 g/mol. The van der Waals surface area contributed by atoms with Gasteiger partial charge in [-0.3, -0.25) is 9.59 Å². The van der Waals surface area contributed by atoms with Crippen molar-refractivity contribution in [2.75, 3.05) is 12.4 Å². The van der Waals surface area contributed by atoms with Crippen molar-refractivity contribution in [1.82, 2.24) is 0 Å². The highest BCUT2D eigenvalue weighted by Gasteiger charge is 2.15. The number of carbonyl (C=O) groups excluding carboxylic acids is 2. The lowest BCUT2D eigenvalue weighted by atomic mass is 10.1. The quantitative estimate of drug-likeness (QED) is 0.239. The molecule has 0 amide bonds. The van der Waals surface area contributed by atoms with Crippen molar-refractivity contribution in [3.8, 4) is 0 Å². The van der Waals surface area contributed by atoms with Crippen LogP contribution in [0.1, 0.15) is 38.7 Å². The van der Waals surface area contributed by atoms with Crippen LogP contribution in [0.15, 0.2) is 34.1 Å². The van der Waals surface area contributed by atoms with Crippen molar-refractivity contribution in [3.63, 3.8) is 0 Å². The molecule has 0 radical (unpaired) electrons. The first-order chi connectivity index (χ1) is 10.6. The summed E-state index contributed by atoms with van der Waals surface area (Å²) in [6.07, 6.45) is 3.71. The van der Waals surface area contributed by atoms with Crippen LogP contribution in [-0.4, -0.2) is 24.1 Å². The number of allylic oxidation sites excluding steroid dienone is 1. The Bertz CT molecular complexity index is 538. The third-order valence-electron chi connectivity index (χ3n) is 2.81. The molecule has 22 heavy (non-hydrogen) atoms. The van der Waals surface area contributed by atoms with Gasteiger partial charge >= 0.3 is 5.97 Å². The summed E-state index contributed by atoms with van der Waals surface area (Å²) in [7, 11) is 0. The number of ether oxygens (including phenoxy) is 1. The van der Waals surface area contributed by atoms with Gasteiger partial charge in [-0.2, -0.15) is 0 Å². The number of thioether (sulfide) groups is 1. The summed E-state index contributed by atoms with van der Waals surface area (Å²) < 4.78 is 4.85. The molecule has 5 heteroatoms. The maximum absolute atomic E-state index is 12.3. The van der Waals surface area contributed by atoms with Gasteiger partial charge < -0.3 is 4.74 Å². The lowest BCUT2D eigenvalue weighted by Gasteiger charge is -2.07. The van der Waals surface area contributed by atoms with E-state index in [2.05, 4.69) is 19.6 Å². The number of esters is 1. The zero-order chi connectivity index (χ0) is 16.4. The van der Waals surface area contributed by atoms with Crippen molar-refractivity contribution in [2.24, 2.45) is 0 Å². The van der Waals surface area contributed by atoms with Crippen molar-refractivity contribution in [3.05, 3.63) is 34.7 Å². The first-order valence-corrected chi connectivity index (χ1v) is 8.82. The zero-order valence-electron chi connectivity index (χ0n) is 13.0. The van der Waals surface area contributed by atoms with Gasteiger partial charge in [-0.05, 0) is 42.9 Å². The van der Waals surface area contributed by atoms with Crippen molar-refractivity contribution < 1.29 is 14.3 Å². The molecule has 0 heterocycles. The second-order valence-electron chi connectivity index (χ2n) is 4.71. The van der Waals surface area contributed by atoms with E-state index in [-0.39, 0.29) is 18.8 Å². The molecule has 0 saturated carbocycles. The van der Waals surface area contributed by atoms with Crippen LogP contribution >= 0.6 is 24.4 Å². The number of hydrogen-bond donors (Lipinski definition) is 1. The molecule has 3 nitrogen and oxygen atoms in total. The van der Waals surface area contributed by atoms with E-state index in [1.807, 2.05) is 30.3 Å². The van der Waals surface area contributed by atoms with E-state index in [9.17, 15) is 9.59 Å². The molecule has 0 aromatic heterocycles. The minimum Gasteiger partial charge on any atom is -0.466 e. The number of benzene rings is 1. The smallest absolute Gasteiger partial charge is 0.313 e. The molecule has 0 unspecified atom stereocenters. The van der Waals surface area contributed by atoms with Gasteiger partial charge in [0.05, 0.1) is 11.5 Å². The minimum atomic E-state index is -0.475. The molecule has 0 atom stereocenters. The van der Waals surface area contributed by atoms with E-state index >= 15 is 0 Å². The first kappa shape index (κ1) is 18.8. The Balaban J connectivity index is 2.86. The van der Waals surface area contributed by atoms with Gasteiger partial charge in [-0.25, -0.2) is 0 Å². The first-order valence-electron chi connectivity index (χ1n) is 7.39. The van der Waals surface area contributed by atoms with E-state index in [4.69, 9.17) is 4.74 Å². The second kappa shape index (κ2) is 10.5. The third kappa shape index (κ3) is 7.18. The van der Waals surface area contributed by atoms with Crippen LogP contribution in [-0.2, 0) is 14.3 Å². The number of thiol groups is 1. The van der Waals surface area contributed by atoms with E-state index in [1.54, 1.807) is 6.92 Å². The van der Waals surface area contributed by atoms with Crippen LogP contribution in [0.5, 0.6) is 0 Å². The molecule has 0 bridgehead atoms. The summed E-state index contributed by atoms with van der Waals surface area (Å²) in [4.78, 5) is 25.2. The monoisotopic (exact) mass is 338 g/mol. The fraction of sp³-hybridized carbons (Fsp3) is 0.412. The van der Waals surface area contributed by atoms with Crippen LogP contribution in [0.4, 0.5) is 0 Å². The number of Topliss-reactive ketones (excluding diaryl/α,β-unsaturated/α-hetero) is 1. The SMILES string of the molecule is CCCCSC(=Cc1cccc(S)c1)C(=O)CC(=O)OCC. The van der Waals surface area contributed by atoms with Gasteiger partial charge in [0, 0.05) is 4.90 Å². The highest BCUT2D eigenvalue weighted by atomic mass is 32.2. The Morgan fingerprint density at radius 2 is 2.09 bits per heavy atom. The highest BCUT2D eigenvalue weighted by molar-refractivity contribution is 8.04. The molecule has 0 spiro atoms. The predicted octanol–water partition coefficient (Wildman–Crippen LogP) is 4.37. The lowest BCUT2D eigenvalue weighted by molar-refractivity contribution is -0.144. The number of unbranched alkanes of at least 4 members (excludes halogenated alkanes) is 1. The highest BCUT2D eigenvalue weighted by Crippen LogP contribution is 2.24. The normalized spacial score (nSPS) is 11.3. The molecule has 1 rings (SSSR count). The summed E-state index contributed by atoms with van der Waals surface area (Å²) in [5.74, 6) is 0.193. The average Bonchev–Trinajstić information content (AvgIpc) is 2.46. The summed E-state index contributed by atoms with van der Waals surface area (Å²) in [6, 6.07) is 7.57. The van der Waals surface area contributed by atoms with Crippen molar-refractivity contribution >= 4 is 42.2 Å². The zero-order valence-corrected chi connectivity index (χ0v) is 14.7. The van der Waals surface area contributed by atoms with Crippen LogP contribution in [0.2, 0.25) is 0 Å². The number of ketones is 1. The standard InChI is InChI=1S/C17H22O3S2/c1-3-5-9-22-16(15(18)12-17(19)20-4-2)11-13-7-6-8-14(21)10-13/h6-8,10-11,21H,3-5,9,12H2,1-2H3. The van der Waals surface area contributed by atoms with Crippen LogP contribution < -0.4 is 0 Å². The maximum Gasteiger partial charge on any atom is 0.313 e. The molecule has 0 N–H and O–H groups in total. The fourth-order valence-corrected chi connectivity index (χ4v) is 3.07. The maximum atomic E-state index is 12.3. The van der Waals surface area contributed by atoms with Gasteiger partial charge in [0.15, 0.2) is 5.78 Å². The summed E-state index contributed by atoms with van der Waals surface area (Å²) in [5.41, 5.74) is 0.906. The summed E-state index contributed by atoms with van der Waals surface area (Å²) >= 11 is 5.80. The average molecular weight is 338 g/mol. The molecule has 0 aliphatic rings. The van der Waals surface area contributed by atoms with E-state index in [0.29, 0.717) is 4.91 Å². The largest absolute Gasteiger partial charge is 0.466 e. The third-order valence-corrected chi connectivity index (χ3v) is 4.24. The Kier molecular flexibility index (Phi) is 9.01. The molecule has 0 saturated heterocycles. The van der Waals surface area contributed by atoms with Crippen molar-refractivity contribution in [2.45, 2.75) is 38.0 Å². The van der Waals surface area contributed by atoms with E-state index < -0.39 is 5.97 Å². The van der Waals surface area contributed by atoms with Gasteiger partial charge in [-0.15, -0.1) is 24.4 Å². The van der Waals surface area contributed by atoms with Crippen LogP contribution in [0.25, 0.3) is 6.08 Å². The van der Waals surface area contributed by atoms with E-state index in [0.717, 1.165) is 29.1 Å². The molecule has 1 aromatic rings. The Labute approximate surface area is 141 Å². The Hall–Kier alpha value is -1.20. The fourth-order valence-electron chi connectivity index (χ4n) is 1.73. The van der Waals surface area contributed by atoms with Crippen LogP contribution in [0.3, 0.4) is 0 Å². The summed E-state index contributed by atoms with van der Waals surface area (Å²) in [5, 5.41) is 0. The molecular formula is C17H22O3S2. The van der Waals surface area contributed by atoms with Crippen LogP contribution in [0, 0.1) is 0 Å². The van der Waals surface area contributed by atoms with Gasteiger partial charge in [0.2, 0.25) is 0 Å². The molecule has 120 valence electrons. The number of hydrogen-bond acceptors (Lipinski definition) is 5. The Morgan fingerprint density at radius 1 is 1.32 bits per heavy atom. The van der Waals surface area contributed by atoms with Gasteiger partial charge in [0.1, 0.15) is 6.42 Å². The number of carbonyl (C=O) groups is 2. The Morgan fingerprint density at radius 3 is 2.73 bits per heavy atom. The topological polar surface area (TPSA) is 43.4 Å². The second-order valence-corrected chi connectivity index (χ2v) is 6.36. The summed E-state index contributed by atoms with van der Waals surface area (Å²) in [6.45, 7) is 4.12. The minimum absolute atomic E-state index is 0.191. The molecule has 0 fully saturated rings. The van der Waals surface area contributed by atoms with Gasteiger partial charge in [-0.1, -0.05) is 25.5 Å². The molecule has 0 aliphatic carbocycles. The van der Waals surface area contributed by atoms with Crippen molar-refractivity contribution in [1.29, 1.82) is 0 Å². The lowest BCUT2D eigenvalue weighted by Crippen LogP contribution is -2.12. The predicted molar refractivity (Wildman–Crippen MR) is 95.3 cm³/mol. The number of rotatable bonds is 9. The van der Waals surface area contributed by atoms with E-state index in [1.165, 1.54) is 11.8 Å². The molecule has 0 aliphatic heterocycles. The molecule has 1 aromatic carbocycles. The van der Waals surface area contributed by atoms with Gasteiger partial charge in [0.25, 0.3) is 0 Å².